The fourth-order valence-electron chi connectivity index (χ4n) is 7.60. The van der Waals surface area contributed by atoms with E-state index in [0.29, 0.717) is 12.0 Å². The van der Waals surface area contributed by atoms with Crippen molar-refractivity contribution in [2.75, 3.05) is 0 Å². The van der Waals surface area contributed by atoms with Gasteiger partial charge in [-0.2, -0.15) is 0 Å². The lowest BCUT2D eigenvalue weighted by Gasteiger charge is -2.44. The monoisotopic (exact) mass is 449 g/mol. The lowest BCUT2D eigenvalue weighted by molar-refractivity contribution is -0.0181. The molecule has 3 atom stereocenters. The average molecular weight is 450 g/mol. The molecule has 2 heteroatoms. The van der Waals surface area contributed by atoms with Gasteiger partial charge in [-0.1, -0.05) is 53.9 Å². The average Bonchev–Trinajstić information content (AvgIpc) is 2.82. The molecule has 0 spiro atoms. The SMILES string of the molecule is CC.CC1CCC(C2CCC(C3CCC(C4CCC(N)CC4)CC3)C(O)C2)CC1.CCC. The Labute approximate surface area is 201 Å². The normalized spacial score (nSPS) is 42.7. The minimum atomic E-state index is -0.00247. The van der Waals surface area contributed by atoms with Crippen molar-refractivity contribution in [1.29, 1.82) is 0 Å². The molecule has 0 aromatic heterocycles. The molecule has 0 heterocycles. The minimum Gasteiger partial charge on any atom is -0.393 e. The van der Waals surface area contributed by atoms with Gasteiger partial charge in [0.15, 0.2) is 0 Å². The summed E-state index contributed by atoms with van der Waals surface area (Å²) in [6.45, 7) is 10.7. The largest absolute Gasteiger partial charge is 0.393 e. The predicted octanol–water partition coefficient (Wildman–Crippen LogP) is 8.36. The van der Waals surface area contributed by atoms with E-state index in [9.17, 15) is 5.11 Å². The second-order valence-corrected chi connectivity index (χ2v) is 11.9. The lowest BCUT2D eigenvalue weighted by Crippen LogP contribution is -2.39. The van der Waals surface area contributed by atoms with E-state index in [1.54, 1.807) is 0 Å². The Hall–Kier alpha value is -0.0800. The van der Waals surface area contributed by atoms with E-state index < -0.39 is 0 Å². The molecule has 4 aliphatic carbocycles. The second-order valence-electron chi connectivity index (χ2n) is 11.9. The first-order chi connectivity index (χ1) is 15.5. The predicted molar refractivity (Wildman–Crippen MR) is 141 cm³/mol. The van der Waals surface area contributed by atoms with E-state index in [0.717, 1.165) is 41.9 Å². The van der Waals surface area contributed by atoms with Gasteiger partial charge in [-0.25, -0.2) is 0 Å². The van der Waals surface area contributed by atoms with Gasteiger partial charge in [-0.15, -0.1) is 0 Å². The maximum Gasteiger partial charge on any atom is 0.0573 e. The van der Waals surface area contributed by atoms with Crippen molar-refractivity contribution >= 4 is 0 Å². The molecule has 0 radical (unpaired) electrons. The van der Waals surface area contributed by atoms with E-state index in [1.165, 1.54) is 96.3 Å². The summed E-state index contributed by atoms with van der Waals surface area (Å²) in [5.41, 5.74) is 6.11. The van der Waals surface area contributed by atoms with Crippen molar-refractivity contribution in [2.24, 2.45) is 47.2 Å². The molecule has 4 fully saturated rings. The van der Waals surface area contributed by atoms with Crippen molar-refractivity contribution in [3.8, 4) is 0 Å². The number of hydrogen-bond acceptors (Lipinski definition) is 2. The Bertz CT molecular complexity index is 455. The maximum atomic E-state index is 11.0. The summed E-state index contributed by atoms with van der Waals surface area (Å²) in [6.07, 6.45) is 21.7. The van der Waals surface area contributed by atoms with Gasteiger partial charge < -0.3 is 10.8 Å². The molecule has 3 N–H and O–H groups in total. The van der Waals surface area contributed by atoms with Crippen LogP contribution in [0.25, 0.3) is 0 Å². The molecule has 32 heavy (non-hydrogen) atoms. The van der Waals surface area contributed by atoms with Crippen molar-refractivity contribution in [2.45, 2.75) is 149 Å². The van der Waals surface area contributed by atoms with Gasteiger partial charge in [0.25, 0.3) is 0 Å². The number of rotatable bonds is 3. The van der Waals surface area contributed by atoms with Gasteiger partial charge >= 0.3 is 0 Å². The Balaban J connectivity index is 0.000000671. The molecular formula is C30H59NO. The van der Waals surface area contributed by atoms with E-state index in [1.807, 2.05) is 13.8 Å². The molecule has 3 unspecified atom stereocenters. The van der Waals surface area contributed by atoms with Gasteiger partial charge in [0.2, 0.25) is 0 Å². The number of nitrogens with two attached hydrogens (primary N) is 1. The fraction of sp³-hybridized carbons (Fsp3) is 1.00. The summed E-state index contributed by atoms with van der Waals surface area (Å²) < 4.78 is 0. The van der Waals surface area contributed by atoms with E-state index in [-0.39, 0.29) is 6.10 Å². The third-order valence-corrected chi connectivity index (χ3v) is 9.54. The number of hydrogen-bond donors (Lipinski definition) is 2. The maximum absolute atomic E-state index is 11.0. The number of aliphatic hydroxyl groups is 1. The molecule has 0 aromatic carbocycles. The van der Waals surface area contributed by atoms with Crippen molar-refractivity contribution < 1.29 is 5.11 Å². The summed E-state index contributed by atoms with van der Waals surface area (Å²) in [5, 5.41) is 11.0. The summed E-state index contributed by atoms with van der Waals surface area (Å²) >= 11 is 0. The third kappa shape index (κ3) is 8.30. The summed E-state index contributed by atoms with van der Waals surface area (Å²) in [5.74, 6) is 6.04. The van der Waals surface area contributed by atoms with Gasteiger partial charge in [0, 0.05) is 6.04 Å². The first-order valence-electron chi connectivity index (χ1n) is 14.9. The smallest absolute Gasteiger partial charge is 0.0573 e. The van der Waals surface area contributed by atoms with Crippen LogP contribution in [0.1, 0.15) is 137 Å². The van der Waals surface area contributed by atoms with Crippen molar-refractivity contribution in [3.05, 3.63) is 0 Å². The van der Waals surface area contributed by atoms with E-state index >= 15 is 0 Å². The van der Waals surface area contributed by atoms with Crippen LogP contribution < -0.4 is 5.73 Å². The molecule has 0 aliphatic heterocycles. The van der Waals surface area contributed by atoms with Crippen LogP contribution in [-0.4, -0.2) is 17.3 Å². The van der Waals surface area contributed by atoms with Crippen LogP contribution in [0.2, 0.25) is 0 Å². The van der Waals surface area contributed by atoms with Crippen LogP contribution in [0.5, 0.6) is 0 Å². The Morgan fingerprint density at radius 3 is 1.47 bits per heavy atom. The van der Waals surface area contributed by atoms with Crippen LogP contribution in [0.3, 0.4) is 0 Å². The van der Waals surface area contributed by atoms with Gasteiger partial charge in [-0.3, -0.25) is 0 Å². The molecule has 4 rings (SSSR count). The molecule has 0 saturated heterocycles. The van der Waals surface area contributed by atoms with Gasteiger partial charge in [-0.05, 0) is 125 Å². The summed E-state index contributed by atoms with van der Waals surface area (Å²) in [4.78, 5) is 0. The summed E-state index contributed by atoms with van der Waals surface area (Å²) in [6, 6.07) is 0.482. The molecule has 4 aliphatic rings. The zero-order valence-corrected chi connectivity index (χ0v) is 22.5. The van der Waals surface area contributed by atoms with Crippen LogP contribution in [0, 0.1) is 41.4 Å². The Morgan fingerprint density at radius 1 is 0.594 bits per heavy atom. The van der Waals surface area contributed by atoms with Crippen molar-refractivity contribution in [1.82, 2.24) is 0 Å². The highest BCUT2D eigenvalue weighted by Crippen LogP contribution is 2.47. The third-order valence-electron chi connectivity index (χ3n) is 9.54. The molecule has 0 amide bonds. The van der Waals surface area contributed by atoms with E-state index in [2.05, 4.69) is 20.8 Å². The quantitative estimate of drug-likeness (QED) is 0.454. The zero-order chi connectivity index (χ0) is 23.5. The number of aliphatic hydroxyl groups excluding tert-OH is 1. The van der Waals surface area contributed by atoms with Gasteiger partial charge in [0.05, 0.1) is 6.10 Å². The lowest BCUT2D eigenvalue weighted by atomic mass is 9.62. The van der Waals surface area contributed by atoms with Crippen LogP contribution in [0.15, 0.2) is 0 Å². The van der Waals surface area contributed by atoms with Crippen LogP contribution >= 0.6 is 0 Å². The topological polar surface area (TPSA) is 46.2 Å². The standard InChI is InChI=1S/C25H45NO.C3H8.C2H6/c1-17-2-4-20(5-3-17)22-12-15-24(25(27)16-22)21-8-6-18(7-9-21)19-10-13-23(26)14-11-19;1-3-2;1-2/h17-25,27H,2-16,26H2,1H3;3H2,1-2H3;1-2H3. The summed E-state index contributed by atoms with van der Waals surface area (Å²) in [7, 11) is 0. The first-order valence-corrected chi connectivity index (χ1v) is 14.9. The van der Waals surface area contributed by atoms with Crippen molar-refractivity contribution in [3.63, 3.8) is 0 Å². The molecule has 4 saturated carbocycles. The van der Waals surface area contributed by atoms with Crippen LogP contribution in [-0.2, 0) is 0 Å². The fourth-order valence-corrected chi connectivity index (χ4v) is 7.60. The molecule has 190 valence electrons. The van der Waals surface area contributed by atoms with Gasteiger partial charge in [0.1, 0.15) is 0 Å². The Morgan fingerprint density at radius 2 is 0.969 bits per heavy atom. The van der Waals surface area contributed by atoms with E-state index in [4.69, 9.17) is 5.73 Å². The Kier molecular flexibility index (Phi) is 13.2. The highest BCUT2D eigenvalue weighted by atomic mass is 16.3. The first kappa shape index (κ1) is 28.2. The second kappa shape index (κ2) is 15.0. The highest BCUT2D eigenvalue weighted by molar-refractivity contribution is 4.91. The highest BCUT2D eigenvalue weighted by Gasteiger charge is 2.40. The molecule has 0 bridgehead atoms. The van der Waals surface area contributed by atoms with Crippen LogP contribution in [0.4, 0.5) is 0 Å². The molecular weight excluding hydrogens is 390 g/mol. The zero-order valence-electron chi connectivity index (χ0n) is 22.5. The minimum absolute atomic E-state index is 0.00247. The molecule has 2 nitrogen and oxygen atoms in total. The molecule has 0 aromatic rings.